The first kappa shape index (κ1) is 14.1. The van der Waals surface area contributed by atoms with Crippen molar-refractivity contribution in [3.05, 3.63) is 59.3 Å². The van der Waals surface area contributed by atoms with Gasteiger partial charge >= 0.3 is 0 Å². The van der Waals surface area contributed by atoms with Gasteiger partial charge in [0.25, 0.3) is 5.91 Å². The van der Waals surface area contributed by atoms with Crippen LogP contribution >= 0.6 is 0 Å². The Morgan fingerprint density at radius 2 is 1.95 bits per heavy atom. The van der Waals surface area contributed by atoms with Crippen LogP contribution in [0.3, 0.4) is 0 Å². The highest BCUT2D eigenvalue weighted by atomic mass is 19.2. The number of halogens is 3. The van der Waals surface area contributed by atoms with Crippen LogP contribution in [0.2, 0.25) is 0 Å². The standard InChI is InChI=1S/C13H10F3NO3/c14-9-3-8(4-10(15)12(9)16)11(5-18)17-13(19)7-1-2-20-6-7/h1-4,6,11,18H,5H2,(H,17,19). The lowest BCUT2D eigenvalue weighted by Crippen LogP contribution is -2.30. The molecule has 0 bridgehead atoms. The Balaban J connectivity index is 2.22. The number of aliphatic hydroxyl groups excluding tert-OH is 1. The molecule has 0 radical (unpaired) electrons. The topological polar surface area (TPSA) is 62.5 Å². The number of carbonyl (C=O) groups excluding carboxylic acids is 1. The maximum atomic E-state index is 13.1. The van der Waals surface area contributed by atoms with Gasteiger partial charge in [-0.05, 0) is 23.8 Å². The molecule has 2 rings (SSSR count). The van der Waals surface area contributed by atoms with Gasteiger partial charge in [0.05, 0.1) is 24.5 Å². The number of carbonyl (C=O) groups is 1. The molecule has 20 heavy (non-hydrogen) atoms. The number of furan rings is 1. The molecule has 106 valence electrons. The van der Waals surface area contributed by atoms with Crippen LogP contribution in [0.25, 0.3) is 0 Å². The molecule has 0 aliphatic carbocycles. The van der Waals surface area contributed by atoms with E-state index in [2.05, 4.69) is 5.32 Å². The van der Waals surface area contributed by atoms with Crippen molar-refractivity contribution in [3.63, 3.8) is 0 Å². The van der Waals surface area contributed by atoms with E-state index in [9.17, 15) is 23.1 Å². The molecule has 1 amide bonds. The Hall–Kier alpha value is -2.28. The zero-order valence-corrected chi connectivity index (χ0v) is 10.1. The molecule has 7 heteroatoms. The molecule has 1 aromatic heterocycles. The summed E-state index contributed by atoms with van der Waals surface area (Å²) in [5.74, 6) is -4.98. The largest absolute Gasteiger partial charge is 0.472 e. The molecular weight excluding hydrogens is 275 g/mol. The van der Waals surface area contributed by atoms with Gasteiger partial charge in [0.2, 0.25) is 0 Å². The Kier molecular flexibility index (Phi) is 4.09. The molecule has 1 aromatic carbocycles. The molecule has 0 fully saturated rings. The fourth-order valence-electron chi connectivity index (χ4n) is 1.65. The Bertz CT molecular complexity index is 590. The second-order valence-corrected chi connectivity index (χ2v) is 4.02. The first-order valence-electron chi connectivity index (χ1n) is 5.61. The molecule has 0 spiro atoms. The summed E-state index contributed by atoms with van der Waals surface area (Å²) < 4.78 is 43.8. The summed E-state index contributed by atoms with van der Waals surface area (Å²) in [5.41, 5.74) is 0.104. The number of benzene rings is 1. The minimum Gasteiger partial charge on any atom is -0.472 e. The van der Waals surface area contributed by atoms with Crippen molar-refractivity contribution in [1.29, 1.82) is 0 Å². The van der Waals surface area contributed by atoms with Gasteiger partial charge in [-0.3, -0.25) is 4.79 Å². The first-order chi connectivity index (χ1) is 9.52. The van der Waals surface area contributed by atoms with Crippen LogP contribution in [-0.4, -0.2) is 17.6 Å². The van der Waals surface area contributed by atoms with Gasteiger partial charge in [0.15, 0.2) is 17.5 Å². The van der Waals surface area contributed by atoms with Gasteiger partial charge in [0, 0.05) is 0 Å². The molecule has 2 aromatic rings. The number of hydrogen-bond donors (Lipinski definition) is 2. The Morgan fingerprint density at radius 1 is 1.30 bits per heavy atom. The quantitative estimate of drug-likeness (QED) is 0.846. The van der Waals surface area contributed by atoms with Crippen LogP contribution in [0.5, 0.6) is 0 Å². The van der Waals surface area contributed by atoms with Gasteiger partial charge in [-0.15, -0.1) is 0 Å². The predicted octanol–water partition coefficient (Wildman–Crippen LogP) is 2.16. The van der Waals surface area contributed by atoms with E-state index in [4.69, 9.17) is 4.42 Å². The summed E-state index contributed by atoms with van der Waals surface area (Å²) in [6, 6.07) is 1.75. The van der Waals surface area contributed by atoms with E-state index in [1.165, 1.54) is 18.6 Å². The number of nitrogens with one attached hydrogen (secondary N) is 1. The number of rotatable bonds is 4. The monoisotopic (exact) mass is 285 g/mol. The smallest absolute Gasteiger partial charge is 0.255 e. The van der Waals surface area contributed by atoms with Crippen molar-refractivity contribution < 1.29 is 27.5 Å². The van der Waals surface area contributed by atoms with Crippen molar-refractivity contribution >= 4 is 5.91 Å². The third-order valence-corrected chi connectivity index (χ3v) is 2.68. The second-order valence-electron chi connectivity index (χ2n) is 4.02. The van der Waals surface area contributed by atoms with Crippen molar-refractivity contribution in [1.82, 2.24) is 5.32 Å². The lowest BCUT2D eigenvalue weighted by atomic mass is 10.1. The molecule has 1 heterocycles. The highest BCUT2D eigenvalue weighted by Gasteiger charge is 2.19. The molecule has 1 atom stereocenters. The van der Waals surface area contributed by atoms with E-state index >= 15 is 0 Å². The summed E-state index contributed by atoms with van der Waals surface area (Å²) in [5, 5.41) is 11.6. The van der Waals surface area contributed by atoms with Crippen molar-refractivity contribution in [2.75, 3.05) is 6.61 Å². The SMILES string of the molecule is O=C(NC(CO)c1cc(F)c(F)c(F)c1)c1ccoc1. The average molecular weight is 285 g/mol. The fraction of sp³-hybridized carbons (Fsp3) is 0.154. The number of hydrogen-bond acceptors (Lipinski definition) is 3. The Morgan fingerprint density at radius 3 is 2.45 bits per heavy atom. The number of aliphatic hydroxyl groups is 1. The summed E-state index contributed by atoms with van der Waals surface area (Å²) in [6.07, 6.45) is 2.45. The highest BCUT2D eigenvalue weighted by molar-refractivity contribution is 5.94. The molecule has 0 aliphatic heterocycles. The van der Waals surface area contributed by atoms with Crippen LogP contribution in [0.15, 0.2) is 35.1 Å². The molecule has 2 N–H and O–H groups in total. The predicted molar refractivity (Wildman–Crippen MR) is 62.3 cm³/mol. The van der Waals surface area contributed by atoms with Crippen LogP contribution in [-0.2, 0) is 0 Å². The lowest BCUT2D eigenvalue weighted by Gasteiger charge is -2.16. The molecule has 0 saturated carbocycles. The van der Waals surface area contributed by atoms with Crippen molar-refractivity contribution in [3.8, 4) is 0 Å². The van der Waals surface area contributed by atoms with E-state index in [0.29, 0.717) is 0 Å². The lowest BCUT2D eigenvalue weighted by molar-refractivity contribution is 0.0915. The van der Waals surface area contributed by atoms with E-state index in [0.717, 1.165) is 12.1 Å². The van der Waals surface area contributed by atoms with E-state index in [-0.39, 0.29) is 11.1 Å². The van der Waals surface area contributed by atoms with Crippen LogP contribution < -0.4 is 5.32 Å². The average Bonchev–Trinajstić information content (AvgIpc) is 2.95. The summed E-state index contributed by atoms with van der Waals surface area (Å²) in [4.78, 5) is 11.7. The minimum atomic E-state index is -1.60. The summed E-state index contributed by atoms with van der Waals surface area (Å²) in [6.45, 7) is -0.603. The number of amides is 1. The summed E-state index contributed by atoms with van der Waals surface area (Å²) in [7, 11) is 0. The third-order valence-electron chi connectivity index (χ3n) is 2.68. The van der Waals surface area contributed by atoms with Gasteiger partial charge in [0.1, 0.15) is 6.26 Å². The molecular formula is C13H10F3NO3. The zero-order chi connectivity index (χ0) is 14.7. The van der Waals surface area contributed by atoms with Gasteiger partial charge < -0.3 is 14.8 Å². The second kappa shape index (κ2) is 5.79. The zero-order valence-electron chi connectivity index (χ0n) is 10.1. The van der Waals surface area contributed by atoms with Crippen LogP contribution in [0.1, 0.15) is 22.0 Å². The van der Waals surface area contributed by atoms with Crippen LogP contribution in [0, 0.1) is 17.5 Å². The van der Waals surface area contributed by atoms with E-state index < -0.39 is 36.0 Å². The third kappa shape index (κ3) is 2.83. The molecule has 4 nitrogen and oxygen atoms in total. The molecule has 0 saturated heterocycles. The van der Waals surface area contributed by atoms with Gasteiger partial charge in [-0.25, -0.2) is 13.2 Å². The summed E-state index contributed by atoms with van der Waals surface area (Å²) >= 11 is 0. The maximum absolute atomic E-state index is 13.1. The Labute approximate surface area is 111 Å². The fourth-order valence-corrected chi connectivity index (χ4v) is 1.65. The highest BCUT2D eigenvalue weighted by Crippen LogP contribution is 2.19. The molecule has 1 unspecified atom stereocenters. The van der Waals surface area contributed by atoms with E-state index in [1.54, 1.807) is 0 Å². The molecule has 0 aliphatic rings. The van der Waals surface area contributed by atoms with Crippen molar-refractivity contribution in [2.45, 2.75) is 6.04 Å². The van der Waals surface area contributed by atoms with Crippen LogP contribution in [0.4, 0.5) is 13.2 Å². The van der Waals surface area contributed by atoms with Crippen molar-refractivity contribution in [2.24, 2.45) is 0 Å². The normalized spacial score (nSPS) is 12.2. The van der Waals surface area contributed by atoms with E-state index in [1.807, 2.05) is 0 Å². The maximum Gasteiger partial charge on any atom is 0.255 e. The van der Waals surface area contributed by atoms with Gasteiger partial charge in [-0.2, -0.15) is 0 Å². The minimum absolute atomic E-state index is 0.0826. The first-order valence-corrected chi connectivity index (χ1v) is 5.61. The van der Waals surface area contributed by atoms with Gasteiger partial charge in [-0.1, -0.05) is 0 Å².